The summed E-state index contributed by atoms with van der Waals surface area (Å²) in [4.78, 5) is 0. The molecule has 1 heteroatoms. The van der Waals surface area contributed by atoms with Crippen LogP contribution in [0.25, 0.3) is 0 Å². The van der Waals surface area contributed by atoms with Gasteiger partial charge < -0.3 is 0 Å². The summed E-state index contributed by atoms with van der Waals surface area (Å²) >= 11 is -1.92. The van der Waals surface area contributed by atoms with E-state index in [1.54, 1.807) is 0 Å². The second-order valence-electron chi connectivity index (χ2n) is 4.14. The van der Waals surface area contributed by atoms with E-state index in [0.29, 0.717) is 0 Å². The molecule has 17 heavy (non-hydrogen) atoms. The topological polar surface area (TPSA) is 0 Å². The van der Waals surface area contributed by atoms with Crippen LogP contribution in [-0.4, -0.2) is 20.2 Å². The van der Waals surface area contributed by atoms with Gasteiger partial charge in [0.1, 0.15) is 0 Å². The van der Waals surface area contributed by atoms with E-state index in [9.17, 15) is 0 Å². The summed E-state index contributed by atoms with van der Waals surface area (Å²) < 4.78 is 5.79. The monoisotopic (exact) mass is 328 g/mol. The number of rotatable bonds is 2. The van der Waals surface area contributed by atoms with E-state index in [-0.39, 0.29) is 0 Å². The van der Waals surface area contributed by atoms with Gasteiger partial charge in [-0.05, 0) is 0 Å². The van der Waals surface area contributed by atoms with Crippen molar-refractivity contribution >= 4 is 27.2 Å². The van der Waals surface area contributed by atoms with Gasteiger partial charge in [0.05, 0.1) is 0 Å². The predicted octanol–water partition coefficient (Wildman–Crippen LogP) is 2.08. The second-order valence-corrected chi connectivity index (χ2v) is 9.73. The fraction of sp³-hybridized carbons (Fsp3) is 0.125. The van der Waals surface area contributed by atoms with Gasteiger partial charge in [-0.15, -0.1) is 0 Å². The van der Waals surface area contributed by atoms with E-state index in [2.05, 4.69) is 66.2 Å². The molecule has 0 unspecified atom stereocenters. The van der Waals surface area contributed by atoms with Crippen molar-refractivity contribution < 1.29 is 0 Å². The number of benzene rings is 2. The van der Waals surface area contributed by atoms with Crippen LogP contribution in [0, 0.1) is 24.1 Å². The molecule has 0 bridgehead atoms. The summed E-state index contributed by atoms with van der Waals surface area (Å²) in [6, 6.07) is 17.4. The Hall–Kier alpha value is -1.18. The average Bonchev–Trinajstić information content (AvgIpc) is 2.35. The van der Waals surface area contributed by atoms with Crippen LogP contribution < -0.4 is 7.02 Å². The SMILES string of the molecule is C#[C][Sb]([c]1ccc(C)cc1)[c]1ccc(C)cc1. The van der Waals surface area contributed by atoms with Crippen molar-refractivity contribution in [2.45, 2.75) is 13.8 Å². The van der Waals surface area contributed by atoms with Gasteiger partial charge in [0, 0.05) is 0 Å². The van der Waals surface area contributed by atoms with Crippen molar-refractivity contribution in [2.24, 2.45) is 0 Å². The molecule has 0 nitrogen and oxygen atoms in total. The summed E-state index contributed by atoms with van der Waals surface area (Å²) in [6.45, 7) is 4.21. The van der Waals surface area contributed by atoms with Crippen molar-refractivity contribution in [1.82, 2.24) is 0 Å². The standard InChI is InChI=1S/2C7H7.C2H.Sb/c2*1-7-5-3-2-4-6-7;1-2;/h2*3-6H,1H3;1H;. The Morgan fingerprint density at radius 3 is 1.41 bits per heavy atom. The van der Waals surface area contributed by atoms with Crippen LogP contribution >= 0.6 is 0 Å². The summed E-state index contributed by atoms with van der Waals surface area (Å²) in [5, 5.41) is 0. The van der Waals surface area contributed by atoms with E-state index in [1.165, 1.54) is 18.1 Å². The zero-order chi connectivity index (χ0) is 12.3. The van der Waals surface area contributed by atoms with Gasteiger partial charge in [0.2, 0.25) is 0 Å². The first-order valence-electron chi connectivity index (χ1n) is 5.60. The Balaban J connectivity index is 2.37. The van der Waals surface area contributed by atoms with Gasteiger partial charge in [-0.1, -0.05) is 0 Å². The Morgan fingerprint density at radius 1 is 0.765 bits per heavy atom. The Kier molecular flexibility index (Phi) is 3.93. The number of terminal acetylenes is 1. The molecule has 0 amide bonds. The van der Waals surface area contributed by atoms with Crippen molar-refractivity contribution in [2.75, 3.05) is 0 Å². The van der Waals surface area contributed by atoms with Crippen molar-refractivity contribution in [3.05, 3.63) is 59.7 Å². The molecule has 0 N–H and O–H groups in total. The molecule has 0 aliphatic rings. The van der Waals surface area contributed by atoms with Gasteiger partial charge in [-0.2, -0.15) is 0 Å². The van der Waals surface area contributed by atoms with Crippen molar-refractivity contribution in [3.63, 3.8) is 0 Å². The van der Waals surface area contributed by atoms with Crippen LogP contribution in [0.15, 0.2) is 48.5 Å². The molecular weight excluding hydrogens is 314 g/mol. The molecule has 0 atom stereocenters. The average molecular weight is 329 g/mol. The Labute approximate surface area is 111 Å². The summed E-state index contributed by atoms with van der Waals surface area (Å²) in [7, 11) is 0. The molecule has 2 aromatic rings. The van der Waals surface area contributed by atoms with Crippen LogP contribution in [0.5, 0.6) is 0 Å². The van der Waals surface area contributed by atoms with Crippen molar-refractivity contribution in [1.29, 1.82) is 0 Å². The molecule has 0 heterocycles. The number of hydrogen-bond donors (Lipinski definition) is 0. The molecule has 0 aliphatic carbocycles. The molecule has 0 saturated heterocycles. The summed E-state index contributed by atoms with van der Waals surface area (Å²) in [6.07, 6.45) is 5.74. The minimum atomic E-state index is -1.92. The molecular formula is C16H15Sb. The normalized spacial score (nSPS) is 10.2. The molecule has 0 aliphatic heterocycles. The first-order chi connectivity index (χ1) is 8.20. The predicted molar refractivity (Wildman–Crippen MR) is 76.2 cm³/mol. The second kappa shape index (κ2) is 5.43. The first-order valence-corrected chi connectivity index (χ1v) is 9.43. The molecule has 0 radical (unpaired) electrons. The third kappa shape index (κ3) is 2.93. The third-order valence-corrected chi connectivity index (χ3v) is 8.10. The van der Waals surface area contributed by atoms with Crippen LogP contribution in [-0.2, 0) is 0 Å². The fourth-order valence-electron chi connectivity index (χ4n) is 1.69. The Bertz CT molecular complexity index is 484. The number of hydrogen-bond acceptors (Lipinski definition) is 0. The maximum absolute atomic E-state index is 5.74. The zero-order valence-electron chi connectivity index (χ0n) is 10.1. The Morgan fingerprint density at radius 2 is 1.12 bits per heavy atom. The van der Waals surface area contributed by atoms with Crippen LogP contribution in [0.2, 0.25) is 0 Å². The quantitative estimate of drug-likeness (QED) is 0.585. The van der Waals surface area contributed by atoms with E-state index in [4.69, 9.17) is 6.42 Å². The number of aryl methyl sites for hydroxylation is 2. The van der Waals surface area contributed by atoms with Crippen LogP contribution in [0.3, 0.4) is 0 Å². The van der Waals surface area contributed by atoms with Gasteiger partial charge >= 0.3 is 111 Å². The molecule has 0 spiro atoms. The molecule has 2 aromatic carbocycles. The van der Waals surface area contributed by atoms with Crippen LogP contribution in [0.1, 0.15) is 11.1 Å². The molecule has 84 valence electrons. The summed E-state index contributed by atoms with van der Waals surface area (Å²) in [5.74, 6) is 0. The zero-order valence-corrected chi connectivity index (χ0v) is 12.7. The van der Waals surface area contributed by atoms with E-state index < -0.39 is 20.2 Å². The van der Waals surface area contributed by atoms with Gasteiger partial charge in [0.15, 0.2) is 0 Å². The van der Waals surface area contributed by atoms with Gasteiger partial charge in [-0.25, -0.2) is 0 Å². The summed E-state index contributed by atoms with van der Waals surface area (Å²) in [5.41, 5.74) is 2.57. The minimum absolute atomic E-state index is 1.29. The molecule has 0 aromatic heterocycles. The van der Waals surface area contributed by atoms with E-state index in [0.717, 1.165) is 0 Å². The van der Waals surface area contributed by atoms with Gasteiger partial charge in [-0.3, -0.25) is 0 Å². The van der Waals surface area contributed by atoms with Gasteiger partial charge in [0.25, 0.3) is 0 Å². The van der Waals surface area contributed by atoms with E-state index in [1.807, 2.05) is 0 Å². The maximum atomic E-state index is 5.74. The fourth-order valence-corrected chi connectivity index (χ4v) is 5.94. The first kappa shape index (κ1) is 12.3. The molecule has 0 fully saturated rings. The van der Waals surface area contributed by atoms with Crippen LogP contribution in [0.4, 0.5) is 0 Å². The van der Waals surface area contributed by atoms with Crippen molar-refractivity contribution in [3.8, 4) is 10.3 Å². The van der Waals surface area contributed by atoms with E-state index >= 15 is 0 Å². The third-order valence-electron chi connectivity index (χ3n) is 2.71. The molecule has 0 saturated carbocycles. The molecule has 2 rings (SSSR count).